The van der Waals surface area contributed by atoms with E-state index in [2.05, 4.69) is 30.4 Å². The Morgan fingerprint density at radius 1 is 1.19 bits per heavy atom. The molecule has 1 aliphatic carbocycles. The topological polar surface area (TPSA) is 234 Å². The highest BCUT2D eigenvalue weighted by Crippen LogP contribution is 2.44. The van der Waals surface area contributed by atoms with Gasteiger partial charge in [0.05, 0.1) is 26.1 Å². The van der Waals surface area contributed by atoms with E-state index in [1.807, 2.05) is 0 Å². The van der Waals surface area contributed by atoms with Crippen molar-refractivity contribution in [3.05, 3.63) is 6.33 Å². The van der Waals surface area contributed by atoms with Crippen molar-refractivity contribution in [3.63, 3.8) is 0 Å². The predicted molar refractivity (Wildman–Crippen MR) is 149 cm³/mol. The number of rotatable bonds is 14. The summed E-state index contributed by atoms with van der Waals surface area (Å²) < 4.78 is 36.8. The van der Waals surface area contributed by atoms with Crippen LogP contribution in [0.25, 0.3) is 11.2 Å². The zero-order valence-corrected chi connectivity index (χ0v) is 25.0. The molecule has 2 aliphatic rings. The molecule has 1 unspecified atom stereocenters. The molecule has 0 radical (unpaired) electrons. The molecule has 3 heterocycles. The summed E-state index contributed by atoms with van der Waals surface area (Å²) in [5.41, 5.74) is 4.73. The highest BCUT2D eigenvalue weighted by Gasteiger charge is 2.54. The lowest BCUT2D eigenvalue weighted by Gasteiger charge is -2.28. The van der Waals surface area contributed by atoms with Crippen LogP contribution >= 0.6 is 7.67 Å². The van der Waals surface area contributed by atoms with Crippen LogP contribution in [-0.4, -0.2) is 97.4 Å². The normalized spacial score (nSPS) is 25.7. The van der Waals surface area contributed by atoms with Crippen LogP contribution in [0.3, 0.4) is 0 Å². The Bertz CT molecular complexity index is 1310. The number of hydrogen-bond donors (Lipinski definition) is 6. The van der Waals surface area contributed by atoms with E-state index in [0.717, 1.165) is 12.8 Å². The molecule has 18 heteroatoms. The van der Waals surface area contributed by atoms with Crippen LogP contribution in [0.2, 0.25) is 0 Å². The first-order chi connectivity index (χ1) is 19.8. The van der Waals surface area contributed by atoms with E-state index in [4.69, 9.17) is 24.5 Å². The summed E-state index contributed by atoms with van der Waals surface area (Å²) in [6.45, 7) is 7.11. The zero-order chi connectivity index (χ0) is 30.8. The molecular formula is C24H39N8O9P. The van der Waals surface area contributed by atoms with Crippen LogP contribution in [-0.2, 0) is 32.9 Å². The molecule has 1 aliphatic heterocycles. The molecule has 42 heavy (non-hydrogen) atoms. The number of nitrogens with zero attached hydrogens (tertiary/aromatic N) is 4. The monoisotopic (exact) mass is 614 g/mol. The van der Waals surface area contributed by atoms with Crippen molar-refractivity contribution in [1.29, 1.82) is 0 Å². The number of nitrogens with one attached hydrogen (secondary N) is 3. The molecule has 17 nitrogen and oxygen atoms in total. The van der Waals surface area contributed by atoms with E-state index in [9.17, 15) is 24.4 Å². The van der Waals surface area contributed by atoms with Gasteiger partial charge in [-0.1, -0.05) is 0 Å². The fraction of sp³-hybridized carbons (Fsp3) is 0.708. The molecule has 7 N–H and O–H groups in total. The number of carbonyl (C=O) groups is 2. The first-order valence-corrected chi connectivity index (χ1v) is 15.4. The summed E-state index contributed by atoms with van der Waals surface area (Å²) in [5, 5.41) is 30.7. The Morgan fingerprint density at radius 3 is 2.33 bits per heavy atom. The Labute approximate surface area is 242 Å². The Hall–Kier alpha value is -2.92. The summed E-state index contributed by atoms with van der Waals surface area (Å²) in [6, 6.07) is -1.93. The number of aliphatic hydroxyl groups excluding tert-OH is 1. The lowest BCUT2D eigenvalue weighted by atomic mass is 9.96. The van der Waals surface area contributed by atoms with Gasteiger partial charge in [-0.3, -0.25) is 18.7 Å². The number of imidazole rings is 1. The smallest absolute Gasteiger partial charge is 0.342 e. The molecule has 0 aromatic carbocycles. The van der Waals surface area contributed by atoms with Crippen LogP contribution in [0.5, 0.6) is 0 Å². The number of ether oxygens (including phenoxy) is 3. The van der Waals surface area contributed by atoms with Crippen molar-refractivity contribution in [2.45, 2.75) is 89.6 Å². The number of aliphatic hydroxyl groups is 2. The number of hydrogen-bond acceptors (Lipinski definition) is 14. The van der Waals surface area contributed by atoms with Crippen molar-refractivity contribution in [1.82, 2.24) is 29.7 Å². The number of anilines is 2. The van der Waals surface area contributed by atoms with Crippen molar-refractivity contribution < 1.29 is 43.1 Å². The molecule has 0 amide bonds. The molecule has 4 rings (SSSR count). The van der Waals surface area contributed by atoms with Crippen molar-refractivity contribution in [2.75, 3.05) is 30.9 Å². The van der Waals surface area contributed by atoms with Gasteiger partial charge in [0, 0.05) is 6.04 Å². The Morgan fingerprint density at radius 2 is 1.79 bits per heavy atom. The van der Waals surface area contributed by atoms with Crippen molar-refractivity contribution in [2.24, 2.45) is 0 Å². The Balaban J connectivity index is 1.54. The van der Waals surface area contributed by atoms with Gasteiger partial charge >= 0.3 is 19.6 Å². The molecule has 1 saturated carbocycles. The van der Waals surface area contributed by atoms with Gasteiger partial charge in [0.2, 0.25) is 5.95 Å². The van der Waals surface area contributed by atoms with Gasteiger partial charge in [-0.2, -0.15) is 9.97 Å². The van der Waals surface area contributed by atoms with Crippen LogP contribution in [0.15, 0.2) is 6.33 Å². The number of esters is 2. The van der Waals surface area contributed by atoms with E-state index in [1.165, 1.54) is 31.7 Å². The number of nitrogens with two attached hydrogens (primary N) is 1. The maximum Gasteiger partial charge on any atom is 0.342 e. The summed E-state index contributed by atoms with van der Waals surface area (Å²) in [7, 11) is -4.19. The van der Waals surface area contributed by atoms with Gasteiger partial charge < -0.3 is 40.0 Å². The molecule has 2 fully saturated rings. The van der Waals surface area contributed by atoms with Crippen molar-refractivity contribution in [3.8, 4) is 0 Å². The van der Waals surface area contributed by atoms with Crippen LogP contribution < -0.4 is 21.2 Å². The third-order valence-electron chi connectivity index (χ3n) is 6.79. The SMILES string of the molecule is CCOC(=O)[C@H](C)NP(=O)(N[C@@H](C)C(=O)OCC)OC[C@H]1O[C@@H](n2cnc3c(NC4CC4)nc(N)nc32)[C@@](C)(O)C1O. The standard InChI is InChI=1S/C24H39N8O9P/c1-6-38-20(34)12(3)30-42(37,31-13(4)21(35)39-7-2)40-10-15-17(33)24(5,36)22(41-15)32-11-26-16-18(27-14-8-9-14)28-23(25)29-19(16)32/h11-15,17,22,33,36H,6-10H2,1-5H3,(H2,30,31,37)(H3,25,27,28,29)/t12-,13-,15+,17?,22+,24-/m0/s1. The first kappa shape index (κ1) is 32.0. The zero-order valence-electron chi connectivity index (χ0n) is 24.1. The second-order valence-corrected chi connectivity index (χ2v) is 12.3. The third-order valence-corrected chi connectivity index (χ3v) is 8.76. The molecule has 2 aromatic rings. The summed E-state index contributed by atoms with van der Waals surface area (Å²) in [6.07, 6.45) is -0.565. The number of nitrogen functional groups attached to an aromatic ring is 1. The predicted octanol–water partition coefficient (Wildman–Crippen LogP) is 0.199. The van der Waals surface area contributed by atoms with Crippen LogP contribution in [0.4, 0.5) is 11.8 Å². The lowest BCUT2D eigenvalue weighted by Crippen LogP contribution is -2.45. The molecule has 2 aromatic heterocycles. The molecule has 6 atom stereocenters. The summed E-state index contributed by atoms with van der Waals surface area (Å²) >= 11 is 0. The minimum Gasteiger partial charge on any atom is -0.465 e. The van der Waals surface area contributed by atoms with Crippen LogP contribution in [0, 0.1) is 0 Å². The average Bonchev–Trinajstić information content (AvgIpc) is 3.59. The molecule has 0 bridgehead atoms. The third kappa shape index (κ3) is 6.99. The van der Waals surface area contributed by atoms with E-state index in [-0.39, 0.29) is 30.9 Å². The second kappa shape index (κ2) is 12.8. The number of aromatic nitrogens is 4. The fourth-order valence-corrected chi connectivity index (χ4v) is 6.26. The van der Waals surface area contributed by atoms with E-state index >= 15 is 0 Å². The van der Waals surface area contributed by atoms with E-state index in [0.29, 0.717) is 11.3 Å². The van der Waals surface area contributed by atoms with Gasteiger partial charge in [0.15, 0.2) is 23.2 Å². The summed E-state index contributed by atoms with van der Waals surface area (Å²) in [5.74, 6) is -0.969. The van der Waals surface area contributed by atoms with Crippen molar-refractivity contribution >= 4 is 42.5 Å². The first-order valence-electron chi connectivity index (χ1n) is 13.8. The highest BCUT2D eigenvalue weighted by molar-refractivity contribution is 7.54. The van der Waals surface area contributed by atoms with Gasteiger partial charge in [0.25, 0.3) is 0 Å². The van der Waals surface area contributed by atoms with Crippen LogP contribution in [0.1, 0.15) is 53.7 Å². The van der Waals surface area contributed by atoms with Gasteiger partial charge in [-0.25, -0.2) is 15.2 Å². The quantitative estimate of drug-likeness (QED) is 0.123. The minimum atomic E-state index is -4.19. The van der Waals surface area contributed by atoms with Gasteiger partial charge in [-0.05, 0) is 47.5 Å². The van der Waals surface area contributed by atoms with E-state index in [1.54, 1.807) is 13.8 Å². The van der Waals surface area contributed by atoms with Gasteiger partial charge in [0.1, 0.15) is 29.9 Å². The number of fused-ring (bicyclic) bond motifs is 1. The average molecular weight is 615 g/mol. The minimum absolute atomic E-state index is 0.0185. The highest BCUT2D eigenvalue weighted by atomic mass is 31.2. The number of carbonyl (C=O) groups excluding carboxylic acids is 2. The molecule has 234 valence electrons. The Kier molecular flexibility index (Phi) is 9.72. The van der Waals surface area contributed by atoms with E-state index < -0.39 is 62.3 Å². The van der Waals surface area contributed by atoms with Gasteiger partial charge in [-0.15, -0.1) is 0 Å². The maximum atomic E-state index is 13.8. The molecular weight excluding hydrogens is 575 g/mol. The summed E-state index contributed by atoms with van der Waals surface area (Å²) in [4.78, 5) is 37.3. The maximum absolute atomic E-state index is 13.8. The molecule has 0 spiro atoms. The lowest BCUT2D eigenvalue weighted by molar-refractivity contribution is -0.145. The molecule has 1 saturated heterocycles. The fourth-order valence-electron chi connectivity index (χ4n) is 4.44. The second-order valence-electron chi connectivity index (χ2n) is 10.4. The largest absolute Gasteiger partial charge is 0.465 e.